The summed E-state index contributed by atoms with van der Waals surface area (Å²) in [6, 6.07) is 15.4. The Hall–Kier alpha value is -3.48. The molecule has 2 heterocycles. The molecular weight excluding hydrogens is 406 g/mol. The van der Waals surface area contributed by atoms with Crippen molar-refractivity contribution in [2.45, 2.75) is 26.9 Å². The third-order valence-corrected chi connectivity index (χ3v) is 5.87. The van der Waals surface area contributed by atoms with Gasteiger partial charge in [0, 0.05) is 37.4 Å². The van der Waals surface area contributed by atoms with Crippen LogP contribution in [0.4, 0.5) is 5.69 Å². The fourth-order valence-electron chi connectivity index (χ4n) is 3.94. The molecule has 1 aromatic heterocycles. The molecule has 0 N–H and O–H groups in total. The third-order valence-electron chi connectivity index (χ3n) is 5.87. The zero-order valence-corrected chi connectivity index (χ0v) is 18.8. The van der Waals surface area contributed by atoms with Crippen molar-refractivity contribution in [1.82, 2.24) is 10.1 Å². The molecule has 0 atom stereocenters. The SMILES string of the molecule is COc1ccc(N2CCCN(C(=O)c3cccc(OCc4c(C)noc4C)c3)CC2)cc1. The number of aromatic nitrogens is 1. The Labute approximate surface area is 188 Å². The van der Waals surface area contributed by atoms with Gasteiger partial charge in [0.05, 0.1) is 18.4 Å². The molecule has 7 nitrogen and oxygen atoms in total. The summed E-state index contributed by atoms with van der Waals surface area (Å²) in [6.45, 7) is 7.23. The highest BCUT2D eigenvalue weighted by molar-refractivity contribution is 5.94. The van der Waals surface area contributed by atoms with Crippen LogP contribution in [0.3, 0.4) is 0 Å². The van der Waals surface area contributed by atoms with Crippen LogP contribution in [-0.2, 0) is 6.61 Å². The van der Waals surface area contributed by atoms with Crippen LogP contribution in [0.15, 0.2) is 53.1 Å². The van der Waals surface area contributed by atoms with Gasteiger partial charge in [0.2, 0.25) is 0 Å². The summed E-state index contributed by atoms with van der Waals surface area (Å²) in [7, 11) is 1.67. The number of anilines is 1. The minimum absolute atomic E-state index is 0.0318. The second kappa shape index (κ2) is 9.77. The lowest BCUT2D eigenvalue weighted by Gasteiger charge is -2.24. The van der Waals surface area contributed by atoms with Crippen LogP contribution in [0.1, 0.15) is 33.8 Å². The number of carbonyl (C=O) groups is 1. The first-order valence-electron chi connectivity index (χ1n) is 10.9. The highest BCUT2D eigenvalue weighted by Gasteiger charge is 2.21. The van der Waals surface area contributed by atoms with E-state index in [2.05, 4.69) is 22.2 Å². The maximum absolute atomic E-state index is 13.2. The lowest BCUT2D eigenvalue weighted by molar-refractivity contribution is 0.0766. The van der Waals surface area contributed by atoms with E-state index in [0.717, 1.165) is 54.5 Å². The van der Waals surface area contributed by atoms with E-state index < -0.39 is 0 Å². The molecule has 0 aliphatic carbocycles. The molecule has 4 rings (SSSR count). The maximum atomic E-state index is 13.2. The van der Waals surface area contributed by atoms with Crippen LogP contribution in [-0.4, -0.2) is 49.3 Å². The van der Waals surface area contributed by atoms with E-state index >= 15 is 0 Å². The van der Waals surface area contributed by atoms with Gasteiger partial charge in [-0.25, -0.2) is 0 Å². The largest absolute Gasteiger partial charge is 0.497 e. The van der Waals surface area contributed by atoms with E-state index in [9.17, 15) is 4.79 Å². The summed E-state index contributed by atoms with van der Waals surface area (Å²) >= 11 is 0. The van der Waals surface area contributed by atoms with Crippen molar-refractivity contribution in [3.63, 3.8) is 0 Å². The van der Waals surface area contributed by atoms with Crippen LogP contribution in [0.5, 0.6) is 11.5 Å². The van der Waals surface area contributed by atoms with Crippen molar-refractivity contribution >= 4 is 11.6 Å². The second-order valence-corrected chi connectivity index (χ2v) is 7.95. The first-order chi connectivity index (χ1) is 15.5. The molecule has 0 unspecified atom stereocenters. The molecule has 0 bridgehead atoms. The number of ether oxygens (including phenoxy) is 2. The highest BCUT2D eigenvalue weighted by Crippen LogP contribution is 2.22. The Bertz CT molecular complexity index is 1040. The standard InChI is InChI=1S/C25H29N3O4/c1-18-24(19(2)32-26-18)17-31-23-7-4-6-20(16-23)25(29)28-13-5-12-27(14-15-28)21-8-10-22(30-3)11-9-21/h4,6-11,16H,5,12-15,17H2,1-3H3. The zero-order chi connectivity index (χ0) is 22.5. The van der Waals surface area contributed by atoms with Gasteiger partial charge in [-0.1, -0.05) is 11.2 Å². The van der Waals surface area contributed by atoms with E-state index in [0.29, 0.717) is 24.5 Å². The number of hydrogen-bond donors (Lipinski definition) is 0. The van der Waals surface area contributed by atoms with Gasteiger partial charge >= 0.3 is 0 Å². The summed E-state index contributed by atoms with van der Waals surface area (Å²) < 4.78 is 16.4. The summed E-state index contributed by atoms with van der Waals surface area (Å²) in [4.78, 5) is 17.4. The van der Waals surface area contributed by atoms with E-state index in [1.165, 1.54) is 0 Å². The number of amides is 1. The molecule has 1 fully saturated rings. The second-order valence-electron chi connectivity index (χ2n) is 7.95. The number of nitrogens with zero attached hydrogens (tertiary/aromatic N) is 3. The van der Waals surface area contributed by atoms with Gasteiger partial charge in [-0.2, -0.15) is 0 Å². The number of benzene rings is 2. The summed E-state index contributed by atoms with van der Waals surface area (Å²) in [5.74, 6) is 2.28. The van der Waals surface area contributed by atoms with Crippen molar-refractivity contribution < 1.29 is 18.8 Å². The Kier molecular flexibility index (Phi) is 6.63. The predicted octanol–water partition coefficient (Wildman–Crippen LogP) is 4.23. The van der Waals surface area contributed by atoms with Crippen LogP contribution < -0.4 is 14.4 Å². The van der Waals surface area contributed by atoms with Crippen molar-refractivity contribution in [2.75, 3.05) is 38.2 Å². The minimum atomic E-state index is 0.0318. The molecule has 32 heavy (non-hydrogen) atoms. The summed E-state index contributed by atoms with van der Waals surface area (Å²) in [6.07, 6.45) is 0.917. The van der Waals surface area contributed by atoms with Crippen LogP contribution in [0.25, 0.3) is 0 Å². The quantitative estimate of drug-likeness (QED) is 0.577. The van der Waals surface area contributed by atoms with Crippen LogP contribution >= 0.6 is 0 Å². The van der Waals surface area contributed by atoms with Gasteiger partial charge in [-0.3, -0.25) is 4.79 Å². The molecule has 1 aliphatic heterocycles. The number of methoxy groups -OCH3 is 1. The average Bonchev–Trinajstić information content (AvgIpc) is 3.01. The fourth-order valence-corrected chi connectivity index (χ4v) is 3.94. The molecule has 168 valence electrons. The van der Waals surface area contributed by atoms with Crippen molar-refractivity contribution in [3.8, 4) is 11.5 Å². The smallest absolute Gasteiger partial charge is 0.254 e. The van der Waals surface area contributed by atoms with Gasteiger partial charge in [-0.05, 0) is 62.7 Å². The van der Waals surface area contributed by atoms with Crippen molar-refractivity contribution in [1.29, 1.82) is 0 Å². The molecule has 0 saturated carbocycles. The van der Waals surface area contributed by atoms with E-state index in [1.54, 1.807) is 7.11 Å². The first kappa shape index (κ1) is 21.7. The number of carbonyl (C=O) groups excluding carboxylic acids is 1. The molecular formula is C25H29N3O4. The van der Waals surface area contributed by atoms with E-state index in [1.807, 2.05) is 55.1 Å². The molecule has 7 heteroatoms. The molecule has 1 saturated heterocycles. The normalized spacial score (nSPS) is 14.2. The van der Waals surface area contributed by atoms with Crippen LogP contribution in [0, 0.1) is 13.8 Å². The lowest BCUT2D eigenvalue weighted by atomic mass is 10.1. The Morgan fingerprint density at radius 2 is 1.84 bits per heavy atom. The van der Waals surface area contributed by atoms with Gasteiger partial charge in [-0.15, -0.1) is 0 Å². The monoisotopic (exact) mass is 435 g/mol. The van der Waals surface area contributed by atoms with Gasteiger partial charge in [0.15, 0.2) is 0 Å². The molecule has 2 aromatic carbocycles. The van der Waals surface area contributed by atoms with Gasteiger partial charge < -0.3 is 23.8 Å². The number of aryl methyl sites for hydroxylation is 2. The Morgan fingerprint density at radius 1 is 1.03 bits per heavy atom. The molecule has 0 spiro atoms. The maximum Gasteiger partial charge on any atom is 0.254 e. The molecule has 1 aliphatic rings. The first-order valence-corrected chi connectivity index (χ1v) is 10.9. The molecule has 1 amide bonds. The molecule has 0 radical (unpaired) electrons. The van der Waals surface area contributed by atoms with E-state index in [4.69, 9.17) is 14.0 Å². The van der Waals surface area contributed by atoms with E-state index in [-0.39, 0.29) is 5.91 Å². The zero-order valence-electron chi connectivity index (χ0n) is 18.8. The highest BCUT2D eigenvalue weighted by atomic mass is 16.5. The average molecular weight is 436 g/mol. The summed E-state index contributed by atoms with van der Waals surface area (Å²) in [5, 5.41) is 3.95. The predicted molar refractivity (Wildman–Crippen MR) is 122 cm³/mol. The van der Waals surface area contributed by atoms with Crippen molar-refractivity contribution in [2.24, 2.45) is 0 Å². The summed E-state index contributed by atoms with van der Waals surface area (Å²) in [5.41, 5.74) is 3.54. The number of hydrogen-bond acceptors (Lipinski definition) is 6. The van der Waals surface area contributed by atoms with Gasteiger partial charge in [0.1, 0.15) is 23.9 Å². The lowest BCUT2D eigenvalue weighted by Crippen LogP contribution is -2.35. The molecule has 3 aromatic rings. The third kappa shape index (κ3) is 4.88. The Balaban J connectivity index is 1.39. The Morgan fingerprint density at radius 3 is 2.56 bits per heavy atom. The number of rotatable bonds is 6. The fraction of sp³-hybridized carbons (Fsp3) is 0.360. The van der Waals surface area contributed by atoms with Gasteiger partial charge in [0.25, 0.3) is 5.91 Å². The van der Waals surface area contributed by atoms with Crippen LogP contribution in [0.2, 0.25) is 0 Å². The minimum Gasteiger partial charge on any atom is -0.497 e. The van der Waals surface area contributed by atoms with Crippen molar-refractivity contribution in [3.05, 3.63) is 71.1 Å². The topological polar surface area (TPSA) is 68.0 Å².